The van der Waals surface area contributed by atoms with Crippen LogP contribution in [0.4, 0.5) is 0 Å². The first-order valence-electron chi connectivity index (χ1n) is 5.65. The van der Waals surface area contributed by atoms with Crippen molar-refractivity contribution in [1.29, 1.82) is 0 Å². The maximum absolute atomic E-state index is 5.86. The molecule has 3 atom stereocenters. The van der Waals surface area contributed by atoms with Gasteiger partial charge in [0.2, 0.25) is 0 Å². The van der Waals surface area contributed by atoms with E-state index >= 15 is 0 Å². The van der Waals surface area contributed by atoms with E-state index in [9.17, 15) is 0 Å². The summed E-state index contributed by atoms with van der Waals surface area (Å²) in [5.74, 6) is 0. The molecule has 0 radical (unpaired) electrons. The van der Waals surface area contributed by atoms with E-state index in [0.717, 1.165) is 19.4 Å². The molecule has 3 rings (SSSR count). The van der Waals surface area contributed by atoms with Gasteiger partial charge in [-0.15, -0.1) is 0 Å². The summed E-state index contributed by atoms with van der Waals surface area (Å²) in [5.41, 5.74) is 2.40. The van der Waals surface area contributed by atoms with Crippen LogP contribution in [0.5, 0.6) is 0 Å². The van der Waals surface area contributed by atoms with Gasteiger partial charge < -0.3 is 15.0 Å². The predicted molar refractivity (Wildman–Crippen MR) is 56.6 cm³/mol. The molecule has 82 valence electrons. The smallest absolute Gasteiger partial charge is 0.0926 e. The minimum absolute atomic E-state index is 0.0486. The standard InChI is InChI=1S/C11H17N3O/c1-7-5-11(8(2)15-7)10-9(3-4-14-11)12-6-13-10/h6-8,14H,3-5H2,1-2H3,(H,12,13)/t7-,8+,11+/m1/s1. The Labute approximate surface area is 89.4 Å². The molecule has 2 N–H and O–H groups in total. The van der Waals surface area contributed by atoms with Gasteiger partial charge in [-0.2, -0.15) is 0 Å². The van der Waals surface area contributed by atoms with E-state index in [-0.39, 0.29) is 11.6 Å². The van der Waals surface area contributed by atoms with Crippen LogP contribution >= 0.6 is 0 Å². The van der Waals surface area contributed by atoms with Crippen LogP contribution in [-0.4, -0.2) is 28.7 Å². The largest absolute Gasteiger partial charge is 0.373 e. The molecule has 1 aromatic rings. The third kappa shape index (κ3) is 1.18. The van der Waals surface area contributed by atoms with Crippen molar-refractivity contribution in [2.45, 2.75) is 44.4 Å². The van der Waals surface area contributed by atoms with Crippen LogP contribution < -0.4 is 5.32 Å². The molecule has 0 saturated carbocycles. The lowest BCUT2D eigenvalue weighted by Gasteiger charge is -2.36. The molecular weight excluding hydrogens is 190 g/mol. The summed E-state index contributed by atoms with van der Waals surface area (Å²) in [6.45, 7) is 5.28. The van der Waals surface area contributed by atoms with E-state index < -0.39 is 0 Å². The molecule has 1 spiro atoms. The first kappa shape index (κ1) is 9.36. The average Bonchev–Trinajstić information content (AvgIpc) is 2.74. The van der Waals surface area contributed by atoms with E-state index in [1.54, 1.807) is 6.33 Å². The zero-order valence-electron chi connectivity index (χ0n) is 9.21. The molecular formula is C11H17N3O. The molecule has 0 aromatic carbocycles. The molecule has 0 aliphatic carbocycles. The second-order valence-electron chi connectivity index (χ2n) is 4.67. The van der Waals surface area contributed by atoms with Gasteiger partial charge in [0.1, 0.15) is 0 Å². The van der Waals surface area contributed by atoms with Crippen LogP contribution in [-0.2, 0) is 16.7 Å². The van der Waals surface area contributed by atoms with Crippen molar-refractivity contribution in [1.82, 2.24) is 15.3 Å². The summed E-state index contributed by atoms with van der Waals surface area (Å²) in [5, 5.41) is 3.61. The van der Waals surface area contributed by atoms with Crippen LogP contribution in [0.3, 0.4) is 0 Å². The number of hydrogen-bond acceptors (Lipinski definition) is 3. The Morgan fingerprint density at radius 3 is 3.13 bits per heavy atom. The van der Waals surface area contributed by atoms with Gasteiger partial charge >= 0.3 is 0 Å². The van der Waals surface area contributed by atoms with Gasteiger partial charge in [0, 0.05) is 18.7 Å². The molecule has 2 aliphatic heterocycles. The Morgan fingerprint density at radius 1 is 1.53 bits per heavy atom. The molecule has 0 bridgehead atoms. The molecule has 4 nitrogen and oxygen atoms in total. The first-order chi connectivity index (χ1) is 7.22. The van der Waals surface area contributed by atoms with Crippen LogP contribution in [0.15, 0.2) is 6.33 Å². The summed E-state index contributed by atoms with van der Waals surface area (Å²) < 4.78 is 5.86. The summed E-state index contributed by atoms with van der Waals surface area (Å²) in [4.78, 5) is 7.72. The van der Waals surface area contributed by atoms with Gasteiger partial charge in [-0.05, 0) is 20.3 Å². The van der Waals surface area contributed by atoms with Crippen molar-refractivity contribution >= 4 is 0 Å². The molecule has 1 aromatic heterocycles. The Bertz CT molecular complexity index is 376. The number of nitrogens with one attached hydrogen (secondary N) is 2. The van der Waals surface area contributed by atoms with Crippen LogP contribution in [0.25, 0.3) is 0 Å². The lowest BCUT2D eigenvalue weighted by molar-refractivity contribution is 0.0404. The molecule has 1 saturated heterocycles. The third-order valence-corrected chi connectivity index (χ3v) is 3.70. The summed E-state index contributed by atoms with van der Waals surface area (Å²) in [6.07, 6.45) is 4.38. The number of hydrogen-bond donors (Lipinski definition) is 2. The maximum atomic E-state index is 5.86. The highest BCUT2D eigenvalue weighted by molar-refractivity contribution is 5.28. The minimum atomic E-state index is -0.0486. The van der Waals surface area contributed by atoms with Crippen molar-refractivity contribution in [3.63, 3.8) is 0 Å². The van der Waals surface area contributed by atoms with Crippen molar-refractivity contribution in [2.75, 3.05) is 6.54 Å². The fraction of sp³-hybridized carbons (Fsp3) is 0.727. The average molecular weight is 207 g/mol. The topological polar surface area (TPSA) is 49.9 Å². The third-order valence-electron chi connectivity index (χ3n) is 3.70. The van der Waals surface area contributed by atoms with Gasteiger partial charge in [-0.25, -0.2) is 4.98 Å². The molecule has 0 amide bonds. The maximum Gasteiger partial charge on any atom is 0.0926 e. The number of nitrogens with zero attached hydrogens (tertiary/aromatic N) is 1. The summed E-state index contributed by atoms with van der Waals surface area (Å²) in [7, 11) is 0. The monoisotopic (exact) mass is 207 g/mol. The van der Waals surface area contributed by atoms with Gasteiger partial charge in [-0.3, -0.25) is 0 Å². The zero-order chi connectivity index (χ0) is 10.5. The summed E-state index contributed by atoms with van der Waals surface area (Å²) >= 11 is 0. The van der Waals surface area contributed by atoms with Gasteiger partial charge in [0.25, 0.3) is 0 Å². The van der Waals surface area contributed by atoms with Crippen molar-refractivity contribution < 1.29 is 4.74 Å². The number of ether oxygens (including phenoxy) is 1. The highest BCUT2D eigenvalue weighted by Gasteiger charge is 2.49. The molecule has 1 fully saturated rings. The normalized spacial score (nSPS) is 39.6. The van der Waals surface area contributed by atoms with Crippen molar-refractivity contribution in [3.8, 4) is 0 Å². The molecule has 15 heavy (non-hydrogen) atoms. The Balaban J connectivity index is 2.07. The summed E-state index contributed by atoms with van der Waals surface area (Å²) in [6, 6.07) is 0. The van der Waals surface area contributed by atoms with Crippen LogP contribution in [0, 0.1) is 0 Å². The number of aromatic nitrogens is 2. The zero-order valence-corrected chi connectivity index (χ0v) is 9.21. The van der Waals surface area contributed by atoms with Gasteiger partial charge in [0.15, 0.2) is 0 Å². The quantitative estimate of drug-likeness (QED) is 0.666. The number of aromatic amines is 1. The van der Waals surface area contributed by atoms with E-state index in [2.05, 4.69) is 29.1 Å². The number of rotatable bonds is 0. The van der Waals surface area contributed by atoms with Crippen molar-refractivity contribution in [3.05, 3.63) is 17.7 Å². The number of fused-ring (bicyclic) bond motifs is 2. The van der Waals surface area contributed by atoms with Gasteiger partial charge in [0.05, 0.1) is 29.8 Å². The SMILES string of the molecule is C[C@@H]1C[C@]2(NCCc3[nH]cnc32)[C@H](C)O1. The van der Waals surface area contributed by atoms with Crippen LogP contribution in [0.1, 0.15) is 31.7 Å². The Morgan fingerprint density at radius 2 is 2.40 bits per heavy atom. The Kier molecular flexibility index (Phi) is 1.91. The predicted octanol–water partition coefficient (Wildman–Crippen LogP) is 0.948. The highest BCUT2D eigenvalue weighted by Crippen LogP contribution is 2.41. The van der Waals surface area contributed by atoms with Gasteiger partial charge in [-0.1, -0.05) is 0 Å². The first-order valence-corrected chi connectivity index (χ1v) is 5.65. The minimum Gasteiger partial charge on any atom is -0.373 e. The highest BCUT2D eigenvalue weighted by atomic mass is 16.5. The van der Waals surface area contributed by atoms with E-state index in [0.29, 0.717) is 6.10 Å². The van der Waals surface area contributed by atoms with Crippen LogP contribution in [0.2, 0.25) is 0 Å². The lowest BCUT2D eigenvalue weighted by atomic mass is 9.83. The lowest BCUT2D eigenvalue weighted by Crippen LogP contribution is -2.52. The number of H-pyrrole nitrogens is 1. The van der Waals surface area contributed by atoms with E-state index in [1.807, 2.05) is 0 Å². The van der Waals surface area contributed by atoms with E-state index in [4.69, 9.17) is 4.74 Å². The second kappa shape index (κ2) is 3.06. The van der Waals surface area contributed by atoms with E-state index in [1.165, 1.54) is 11.4 Å². The van der Waals surface area contributed by atoms with Crippen molar-refractivity contribution in [2.24, 2.45) is 0 Å². The fourth-order valence-electron chi connectivity index (χ4n) is 3.03. The second-order valence-corrected chi connectivity index (χ2v) is 4.67. The molecule has 0 unspecified atom stereocenters. The Hall–Kier alpha value is -0.870. The molecule has 2 aliphatic rings. The molecule has 3 heterocycles. The molecule has 4 heteroatoms. The number of imidazole rings is 1. The fourth-order valence-corrected chi connectivity index (χ4v) is 3.03.